The smallest absolute Gasteiger partial charge is 0.252 e. The van der Waals surface area contributed by atoms with Crippen LogP contribution < -0.4 is 15.7 Å². The predicted molar refractivity (Wildman–Crippen MR) is 108 cm³/mol. The number of ether oxygens (including phenoxy) is 1. The molecule has 6 heteroatoms. The van der Waals surface area contributed by atoms with Crippen molar-refractivity contribution >= 4 is 12.2 Å². The Morgan fingerprint density at radius 3 is 2.59 bits per heavy atom. The Labute approximate surface area is 157 Å². The standard InChI is InChI=1S/C21H22N4O2/c1-15(2)14-27-18-10-8-16(9-11-18)13-22-25-21-23-19(12-20(26)24-21)17-6-4-3-5-7-17/h3-13,15H,14H2,1-2H3,(H2,23,24,25,26)/b22-13-. The third-order valence-corrected chi connectivity index (χ3v) is 3.66. The number of rotatable bonds is 7. The van der Waals surface area contributed by atoms with Crippen LogP contribution >= 0.6 is 0 Å². The van der Waals surface area contributed by atoms with Crippen molar-refractivity contribution in [2.24, 2.45) is 11.0 Å². The van der Waals surface area contributed by atoms with Crippen molar-refractivity contribution < 1.29 is 4.74 Å². The normalized spacial score (nSPS) is 11.1. The second-order valence-corrected chi connectivity index (χ2v) is 6.49. The first-order chi connectivity index (χ1) is 13.1. The van der Waals surface area contributed by atoms with Gasteiger partial charge in [0, 0.05) is 11.6 Å². The molecule has 0 aliphatic carbocycles. The van der Waals surface area contributed by atoms with E-state index in [9.17, 15) is 4.79 Å². The van der Waals surface area contributed by atoms with E-state index in [2.05, 4.69) is 34.3 Å². The summed E-state index contributed by atoms with van der Waals surface area (Å²) < 4.78 is 5.65. The van der Waals surface area contributed by atoms with Crippen LogP contribution in [-0.4, -0.2) is 22.8 Å². The van der Waals surface area contributed by atoms with Crippen LogP contribution in [0, 0.1) is 5.92 Å². The molecule has 0 aliphatic rings. The Balaban J connectivity index is 1.66. The summed E-state index contributed by atoms with van der Waals surface area (Å²) >= 11 is 0. The molecule has 0 aliphatic heterocycles. The van der Waals surface area contributed by atoms with E-state index in [1.54, 1.807) is 6.21 Å². The number of aromatic amines is 1. The zero-order valence-electron chi connectivity index (χ0n) is 15.3. The summed E-state index contributed by atoms with van der Waals surface area (Å²) in [5.41, 5.74) is 4.89. The molecule has 6 nitrogen and oxygen atoms in total. The second-order valence-electron chi connectivity index (χ2n) is 6.49. The number of hydrogen-bond donors (Lipinski definition) is 2. The average molecular weight is 362 g/mol. The van der Waals surface area contributed by atoms with E-state index in [-0.39, 0.29) is 11.5 Å². The molecule has 0 radical (unpaired) electrons. The Bertz CT molecular complexity index is 948. The lowest BCUT2D eigenvalue weighted by molar-refractivity contribution is 0.271. The highest BCUT2D eigenvalue weighted by molar-refractivity contribution is 5.80. The first kappa shape index (κ1) is 18.4. The molecule has 0 saturated heterocycles. The van der Waals surface area contributed by atoms with Crippen molar-refractivity contribution in [1.29, 1.82) is 0 Å². The fourth-order valence-electron chi connectivity index (χ4n) is 2.35. The SMILES string of the molecule is CC(C)COc1ccc(/C=N\Nc2nc(-c3ccccc3)cc(=O)[nH]2)cc1. The minimum absolute atomic E-state index is 0.242. The van der Waals surface area contributed by atoms with Crippen LogP contribution in [0.15, 0.2) is 70.6 Å². The quantitative estimate of drug-likeness (QED) is 0.493. The van der Waals surface area contributed by atoms with Crippen molar-refractivity contribution in [1.82, 2.24) is 9.97 Å². The fourth-order valence-corrected chi connectivity index (χ4v) is 2.35. The summed E-state index contributed by atoms with van der Waals surface area (Å²) in [6, 6.07) is 18.6. The number of nitrogens with zero attached hydrogens (tertiary/aromatic N) is 2. The van der Waals surface area contributed by atoms with E-state index in [1.165, 1.54) is 6.07 Å². The van der Waals surface area contributed by atoms with Crippen LogP contribution in [0.2, 0.25) is 0 Å². The number of benzene rings is 2. The number of nitrogens with one attached hydrogen (secondary N) is 2. The lowest BCUT2D eigenvalue weighted by atomic mass is 10.1. The van der Waals surface area contributed by atoms with Gasteiger partial charge in [0.15, 0.2) is 0 Å². The number of aromatic nitrogens is 2. The molecule has 0 fully saturated rings. The second kappa shape index (κ2) is 8.80. The molecule has 2 aromatic carbocycles. The summed E-state index contributed by atoms with van der Waals surface area (Å²) in [6.07, 6.45) is 1.65. The van der Waals surface area contributed by atoms with Crippen molar-refractivity contribution in [3.05, 3.63) is 76.6 Å². The summed E-state index contributed by atoms with van der Waals surface area (Å²) in [7, 11) is 0. The Morgan fingerprint density at radius 2 is 1.89 bits per heavy atom. The van der Waals surface area contributed by atoms with Crippen molar-refractivity contribution in [2.45, 2.75) is 13.8 Å². The van der Waals surface area contributed by atoms with Gasteiger partial charge in [0.25, 0.3) is 5.56 Å². The summed E-state index contributed by atoms with van der Waals surface area (Å²) in [4.78, 5) is 18.9. The maximum absolute atomic E-state index is 11.9. The first-order valence-electron chi connectivity index (χ1n) is 8.79. The molecule has 27 heavy (non-hydrogen) atoms. The van der Waals surface area contributed by atoms with E-state index < -0.39 is 0 Å². The molecule has 138 valence electrons. The fraction of sp³-hybridized carbons (Fsp3) is 0.190. The van der Waals surface area contributed by atoms with E-state index >= 15 is 0 Å². The van der Waals surface area contributed by atoms with Gasteiger partial charge in [-0.25, -0.2) is 10.4 Å². The van der Waals surface area contributed by atoms with Gasteiger partial charge in [-0.1, -0.05) is 44.2 Å². The van der Waals surface area contributed by atoms with Gasteiger partial charge < -0.3 is 4.74 Å². The Morgan fingerprint density at radius 1 is 1.15 bits per heavy atom. The molecule has 0 saturated carbocycles. The highest BCUT2D eigenvalue weighted by Gasteiger charge is 2.03. The maximum atomic E-state index is 11.9. The van der Waals surface area contributed by atoms with Crippen molar-refractivity contribution in [3.8, 4) is 17.0 Å². The van der Waals surface area contributed by atoms with Gasteiger partial charge in [-0.15, -0.1) is 0 Å². The molecule has 1 heterocycles. The Hall–Kier alpha value is -3.41. The molecule has 1 aromatic heterocycles. The monoisotopic (exact) mass is 362 g/mol. The van der Waals surface area contributed by atoms with Gasteiger partial charge in [0.2, 0.25) is 5.95 Å². The van der Waals surface area contributed by atoms with Crippen LogP contribution in [0.5, 0.6) is 5.75 Å². The van der Waals surface area contributed by atoms with Crippen molar-refractivity contribution in [2.75, 3.05) is 12.0 Å². The molecule has 3 rings (SSSR count). The molecule has 3 aromatic rings. The minimum Gasteiger partial charge on any atom is -0.493 e. The van der Waals surface area contributed by atoms with E-state index in [0.717, 1.165) is 16.9 Å². The average Bonchev–Trinajstić information content (AvgIpc) is 2.67. The molecule has 0 atom stereocenters. The number of anilines is 1. The minimum atomic E-state index is -0.242. The zero-order valence-corrected chi connectivity index (χ0v) is 15.3. The molecular formula is C21H22N4O2. The van der Waals surface area contributed by atoms with Crippen molar-refractivity contribution in [3.63, 3.8) is 0 Å². The third kappa shape index (κ3) is 5.54. The van der Waals surface area contributed by atoms with E-state index in [4.69, 9.17) is 4.74 Å². The molecule has 0 unspecified atom stereocenters. The summed E-state index contributed by atoms with van der Waals surface area (Å²) in [6.45, 7) is 4.90. The molecule has 0 amide bonds. The lowest BCUT2D eigenvalue weighted by Crippen LogP contribution is -2.10. The molecule has 2 N–H and O–H groups in total. The molecule has 0 spiro atoms. The zero-order chi connectivity index (χ0) is 19.1. The first-order valence-corrected chi connectivity index (χ1v) is 8.79. The van der Waals surface area contributed by atoms with Crippen LogP contribution in [0.4, 0.5) is 5.95 Å². The van der Waals surface area contributed by atoms with Gasteiger partial charge in [-0.3, -0.25) is 9.78 Å². The van der Waals surface area contributed by atoms with Gasteiger partial charge >= 0.3 is 0 Å². The van der Waals surface area contributed by atoms with Crippen LogP contribution in [0.1, 0.15) is 19.4 Å². The maximum Gasteiger partial charge on any atom is 0.252 e. The number of H-pyrrole nitrogens is 1. The number of hydrazone groups is 1. The van der Waals surface area contributed by atoms with Gasteiger partial charge in [0.1, 0.15) is 5.75 Å². The van der Waals surface area contributed by atoms with Crippen LogP contribution in [0.25, 0.3) is 11.3 Å². The summed E-state index contributed by atoms with van der Waals surface area (Å²) in [5, 5.41) is 4.14. The van der Waals surface area contributed by atoms with E-state index in [1.807, 2.05) is 54.6 Å². The largest absolute Gasteiger partial charge is 0.493 e. The van der Waals surface area contributed by atoms with Crippen LogP contribution in [-0.2, 0) is 0 Å². The number of hydrogen-bond acceptors (Lipinski definition) is 5. The predicted octanol–water partition coefficient (Wildman–Crippen LogP) is 3.92. The highest BCUT2D eigenvalue weighted by atomic mass is 16.5. The molecular weight excluding hydrogens is 340 g/mol. The highest BCUT2D eigenvalue weighted by Crippen LogP contribution is 2.15. The van der Waals surface area contributed by atoms with Gasteiger partial charge in [-0.05, 0) is 35.7 Å². The summed E-state index contributed by atoms with van der Waals surface area (Å²) in [5.74, 6) is 1.60. The topological polar surface area (TPSA) is 79.4 Å². The van der Waals surface area contributed by atoms with E-state index in [0.29, 0.717) is 18.2 Å². The van der Waals surface area contributed by atoms with Gasteiger partial charge in [-0.2, -0.15) is 5.10 Å². The lowest BCUT2D eigenvalue weighted by Gasteiger charge is -2.08. The molecule has 0 bridgehead atoms. The third-order valence-electron chi connectivity index (χ3n) is 3.66. The van der Waals surface area contributed by atoms with Gasteiger partial charge in [0.05, 0.1) is 18.5 Å². The Kier molecular flexibility index (Phi) is 5.99. The van der Waals surface area contributed by atoms with Crippen LogP contribution in [0.3, 0.4) is 0 Å².